The molecule has 1 heterocycles. The largest absolute Gasteiger partial charge is 0.324 e. The Hall–Kier alpha value is -0.910. The molecule has 15 heavy (non-hydrogen) atoms. The maximum atomic E-state index is 10.4. The Kier molecular flexibility index (Phi) is 6.15. The van der Waals surface area contributed by atoms with Crippen LogP contribution in [-0.4, -0.2) is 4.92 Å². The van der Waals surface area contributed by atoms with Crippen LogP contribution in [0.5, 0.6) is 0 Å². The Labute approximate surface area is 98.4 Å². The highest BCUT2D eigenvalue weighted by Gasteiger charge is 2.13. The quantitative estimate of drug-likeness (QED) is 0.495. The second-order valence-corrected chi connectivity index (χ2v) is 4.00. The molecular weight excluding hydrogens is 236 g/mol. The van der Waals surface area contributed by atoms with Crippen LogP contribution >= 0.6 is 23.7 Å². The molecule has 0 aliphatic rings. The molecule has 0 aliphatic carbocycles. The summed E-state index contributed by atoms with van der Waals surface area (Å²) in [5.74, 6) is 0. The van der Waals surface area contributed by atoms with Gasteiger partial charge in [0.25, 0.3) is 0 Å². The van der Waals surface area contributed by atoms with Crippen molar-refractivity contribution in [2.24, 2.45) is 5.73 Å². The number of nitrogens with zero attached hydrogens (tertiary/aromatic N) is 1. The van der Waals surface area contributed by atoms with Crippen molar-refractivity contribution in [2.45, 2.75) is 18.9 Å². The van der Waals surface area contributed by atoms with E-state index in [-0.39, 0.29) is 23.4 Å². The van der Waals surface area contributed by atoms with E-state index in [4.69, 9.17) is 5.73 Å². The summed E-state index contributed by atoms with van der Waals surface area (Å²) >= 11 is 1.14. The highest BCUT2D eigenvalue weighted by atomic mass is 35.5. The summed E-state index contributed by atoms with van der Waals surface area (Å²) in [6.07, 6.45) is 3.40. The van der Waals surface area contributed by atoms with Gasteiger partial charge >= 0.3 is 5.00 Å². The van der Waals surface area contributed by atoms with Crippen LogP contribution in [0, 0.1) is 10.1 Å². The fourth-order valence-corrected chi connectivity index (χ4v) is 1.94. The van der Waals surface area contributed by atoms with Gasteiger partial charge in [0.15, 0.2) is 0 Å². The van der Waals surface area contributed by atoms with Crippen LogP contribution in [0.1, 0.15) is 23.8 Å². The zero-order valence-electron chi connectivity index (χ0n) is 8.09. The van der Waals surface area contributed by atoms with E-state index in [1.165, 1.54) is 6.07 Å². The SMILES string of the molecule is C=CCC[C@H](N)c1ccc([N+](=O)[O-])s1.Cl. The molecule has 4 nitrogen and oxygen atoms in total. The number of nitro groups is 1. The maximum Gasteiger partial charge on any atom is 0.324 e. The lowest BCUT2D eigenvalue weighted by molar-refractivity contribution is -0.380. The van der Waals surface area contributed by atoms with Crippen molar-refractivity contribution in [3.63, 3.8) is 0 Å². The summed E-state index contributed by atoms with van der Waals surface area (Å²) in [7, 11) is 0. The Morgan fingerprint density at radius 3 is 2.80 bits per heavy atom. The van der Waals surface area contributed by atoms with Crippen LogP contribution in [0.25, 0.3) is 0 Å². The summed E-state index contributed by atoms with van der Waals surface area (Å²) in [5, 5.41) is 10.6. The first-order chi connectivity index (χ1) is 6.65. The highest BCUT2D eigenvalue weighted by molar-refractivity contribution is 7.15. The number of thiophene rings is 1. The van der Waals surface area contributed by atoms with Crippen molar-refractivity contribution >= 4 is 28.7 Å². The highest BCUT2D eigenvalue weighted by Crippen LogP contribution is 2.29. The summed E-state index contributed by atoms with van der Waals surface area (Å²) in [6.45, 7) is 3.60. The molecule has 1 aromatic rings. The average molecular weight is 249 g/mol. The van der Waals surface area contributed by atoms with Crippen LogP contribution in [0.2, 0.25) is 0 Å². The number of nitrogens with two attached hydrogens (primary N) is 1. The van der Waals surface area contributed by atoms with E-state index in [1.54, 1.807) is 12.1 Å². The van der Waals surface area contributed by atoms with Crippen LogP contribution in [-0.2, 0) is 0 Å². The van der Waals surface area contributed by atoms with E-state index in [0.717, 1.165) is 29.1 Å². The molecule has 84 valence electrons. The second-order valence-electron chi connectivity index (χ2n) is 2.91. The summed E-state index contributed by atoms with van der Waals surface area (Å²) in [5.41, 5.74) is 5.83. The second kappa shape index (κ2) is 6.55. The molecule has 0 unspecified atom stereocenters. The molecule has 1 atom stereocenters. The molecule has 0 spiro atoms. The fourth-order valence-electron chi connectivity index (χ4n) is 1.08. The third-order valence-corrected chi connectivity index (χ3v) is 3.01. The number of hydrogen-bond donors (Lipinski definition) is 1. The van der Waals surface area contributed by atoms with E-state index in [2.05, 4.69) is 6.58 Å². The first kappa shape index (κ1) is 14.1. The first-order valence-electron chi connectivity index (χ1n) is 4.25. The van der Waals surface area contributed by atoms with E-state index in [0.29, 0.717) is 0 Å². The molecule has 0 fully saturated rings. The summed E-state index contributed by atoms with van der Waals surface area (Å²) in [6, 6.07) is 3.09. The number of halogens is 1. The standard InChI is InChI=1S/C9H12N2O2S.ClH/c1-2-3-4-7(10)8-5-6-9(14-8)11(12)13;/h2,5-7H,1,3-4,10H2;1H/t7-;/m0./s1. The maximum absolute atomic E-state index is 10.4. The normalized spacial score (nSPS) is 11.5. The van der Waals surface area contributed by atoms with Gasteiger partial charge in [-0.3, -0.25) is 10.1 Å². The van der Waals surface area contributed by atoms with Crippen molar-refractivity contribution in [3.05, 3.63) is 39.8 Å². The zero-order chi connectivity index (χ0) is 10.6. The predicted molar refractivity (Wildman–Crippen MR) is 64.6 cm³/mol. The van der Waals surface area contributed by atoms with Crippen molar-refractivity contribution in [3.8, 4) is 0 Å². The lowest BCUT2D eigenvalue weighted by Gasteiger charge is -2.05. The van der Waals surface area contributed by atoms with Gasteiger partial charge in [-0.25, -0.2) is 0 Å². The monoisotopic (exact) mass is 248 g/mol. The minimum Gasteiger partial charge on any atom is -0.323 e. The van der Waals surface area contributed by atoms with E-state index in [9.17, 15) is 10.1 Å². The first-order valence-corrected chi connectivity index (χ1v) is 5.07. The Morgan fingerprint density at radius 2 is 2.33 bits per heavy atom. The molecule has 0 aliphatic heterocycles. The third kappa shape index (κ3) is 3.99. The van der Waals surface area contributed by atoms with Gasteiger partial charge in [0.1, 0.15) is 0 Å². The smallest absolute Gasteiger partial charge is 0.323 e. The van der Waals surface area contributed by atoms with E-state index < -0.39 is 4.92 Å². The lowest BCUT2D eigenvalue weighted by Crippen LogP contribution is -2.07. The Bertz CT molecular complexity index is 341. The molecule has 1 aromatic heterocycles. The van der Waals surface area contributed by atoms with Crippen LogP contribution < -0.4 is 5.73 Å². The molecule has 0 saturated heterocycles. The van der Waals surface area contributed by atoms with Crippen molar-refractivity contribution in [1.82, 2.24) is 0 Å². The molecule has 6 heteroatoms. The van der Waals surface area contributed by atoms with Gasteiger partial charge in [0.05, 0.1) is 4.92 Å². The van der Waals surface area contributed by atoms with Crippen molar-refractivity contribution in [2.75, 3.05) is 0 Å². The molecule has 0 saturated carbocycles. The number of hydrogen-bond acceptors (Lipinski definition) is 4. The minimum atomic E-state index is -0.394. The van der Waals surface area contributed by atoms with E-state index >= 15 is 0 Å². The molecule has 0 bridgehead atoms. The van der Waals surface area contributed by atoms with Crippen LogP contribution in [0.4, 0.5) is 5.00 Å². The topological polar surface area (TPSA) is 69.2 Å². The van der Waals surface area contributed by atoms with Gasteiger partial charge in [-0.05, 0) is 18.9 Å². The molecule has 0 radical (unpaired) electrons. The molecule has 2 N–H and O–H groups in total. The van der Waals surface area contributed by atoms with Gasteiger partial charge in [-0.1, -0.05) is 17.4 Å². The molecule has 0 amide bonds. The molecule has 1 rings (SSSR count). The summed E-state index contributed by atoms with van der Waals surface area (Å²) in [4.78, 5) is 10.9. The van der Waals surface area contributed by atoms with Gasteiger partial charge in [-0.2, -0.15) is 0 Å². The minimum absolute atomic E-state index is 0. The van der Waals surface area contributed by atoms with E-state index in [1.807, 2.05) is 0 Å². The lowest BCUT2D eigenvalue weighted by atomic mass is 10.1. The van der Waals surface area contributed by atoms with Crippen molar-refractivity contribution < 1.29 is 4.92 Å². The Balaban J connectivity index is 0.00000196. The van der Waals surface area contributed by atoms with Crippen molar-refractivity contribution in [1.29, 1.82) is 0 Å². The van der Waals surface area contributed by atoms with Gasteiger partial charge in [0.2, 0.25) is 0 Å². The predicted octanol–water partition coefficient (Wildman–Crippen LogP) is 3.04. The average Bonchev–Trinajstić information content (AvgIpc) is 2.62. The Morgan fingerprint density at radius 1 is 1.67 bits per heavy atom. The summed E-state index contributed by atoms with van der Waals surface area (Å²) < 4.78 is 0. The fraction of sp³-hybridized carbons (Fsp3) is 0.333. The van der Waals surface area contributed by atoms with Gasteiger partial charge in [-0.15, -0.1) is 19.0 Å². The third-order valence-electron chi connectivity index (χ3n) is 1.84. The number of rotatable bonds is 5. The van der Waals surface area contributed by atoms with Gasteiger partial charge < -0.3 is 5.73 Å². The zero-order valence-corrected chi connectivity index (χ0v) is 9.72. The van der Waals surface area contributed by atoms with Crippen LogP contribution in [0.15, 0.2) is 24.8 Å². The van der Waals surface area contributed by atoms with Crippen LogP contribution in [0.3, 0.4) is 0 Å². The molecular formula is C9H13ClN2O2S. The number of allylic oxidation sites excluding steroid dienone is 1. The molecule has 0 aromatic carbocycles. The van der Waals surface area contributed by atoms with Gasteiger partial charge in [0, 0.05) is 17.0 Å².